The third kappa shape index (κ3) is 4.10. The first kappa shape index (κ1) is 18.5. The quantitative estimate of drug-likeness (QED) is 0.451. The Morgan fingerprint density at radius 3 is 2.79 bits per heavy atom. The summed E-state index contributed by atoms with van der Waals surface area (Å²) in [5.41, 5.74) is 4.35. The number of ether oxygens (including phenoxy) is 1. The number of aliphatic hydroxyl groups excluding tert-OH is 1. The number of rotatable bonds is 5. The lowest BCUT2D eigenvalue weighted by Crippen LogP contribution is -2.36. The van der Waals surface area contributed by atoms with Crippen molar-refractivity contribution in [3.05, 3.63) is 47.4 Å². The molecule has 1 aliphatic rings. The Kier molecular flexibility index (Phi) is 5.13. The summed E-state index contributed by atoms with van der Waals surface area (Å²) in [6, 6.07) is 9.70. The van der Waals surface area contributed by atoms with E-state index in [1.165, 1.54) is 0 Å². The summed E-state index contributed by atoms with van der Waals surface area (Å²) in [5, 5.41) is 16.4. The van der Waals surface area contributed by atoms with Crippen molar-refractivity contribution in [3.63, 3.8) is 0 Å². The Morgan fingerprint density at radius 2 is 1.93 bits per heavy atom. The maximum absolute atomic E-state index is 10.2. The standard InChI is InChI=1S/C21H20N4O2S2/c26-19-4-2-1-3-15(19)24-21-25-16-6-5-13(10-20(16)29-21)27-14-7-8-22-17(9-14)18-11-28-12-23-18/h5-12,15,19,26H,1-4H2,(H,24,25)/t15-,19-/m1/s1. The molecular formula is C21H20N4O2S2. The first-order valence-electron chi connectivity index (χ1n) is 9.62. The molecule has 1 aliphatic carbocycles. The first-order valence-corrected chi connectivity index (χ1v) is 11.4. The number of benzene rings is 1. The monoisotopic (exact) mass is 424 g/mol. The molecule has 2 atom stereocenters. The third-order valence-electron chi connectivity index (χ3n) is 5.06. The van der Waals surface area contributed by atoms with E-state index in [-0.39, 0.29) is 12.1 Å². The SMILES string of the molecule is O[C@@H]1CCCC[C@H]1Nc1nc2ccc(Oc3ccnc(-c4cscn4)c3)cc2s1. The maximum Gasteiger partial charge on any atom is 0.184 e. The molecule has 5 rings (SSSR count). The summed E-state index contributed by atoms with van der Waals surface area (Å²) in [5.74, 6) is 1.47. The molecule has 1 aromatic carbocycles. The van der Waals surface area contributed by atoms with Crippen LogP contribution in [0.1, 0.15) is 25.7 Å². The Hall–Kier alpha value is -2.55. The van der Waals surface area contributed by atoms with Crippen LogP contribution in [-0.2, 0) is 0 Å². The van der Waals surface area contributed by atoms with Gasteiger partial charge in [-0.3, -0.25) is 4.98 Å². The molecule has 0 radical (unpaired) electrons. The molecule has 0 saturated heterocycles. The molecule has 2 N–H and O–H groups in total. The molecule has 0 spiro atoms. The van der Waals surface area contributed by atoms with Gasteiger partial charge in [0.1, 0.15) is 11.5 Å². The number of fused-ring (bicyclic) bond motifs is 1. The summed E-state index contributed by atoms with van der Waals surface area (Å²) in [6.45, 7) is 0. The molecule has 0 bridgehead atoms. The van der Waals surface area contributed by atoms with Gasteiger partial charge in [0.2, 0.25) is 0 Å². The van der Waals surface area contributed by atoms with E-state index in [1.807, 2.05) is 35.7 Å². The molecule has 0 amide bonds. The molecule has 4 aromatic rings. The predicted octanol–water partition coefficient (Wildman–Crippen LogP) is 5.32. The van der Waals surface area contributed by atoms with Crippen LogP contribution >= 0.6 is 22.7 Å². The fourth-order valence-corrected chi connectivity index (χ4v) is 5.06. The van der Waals surface area contributed by atoms with Crippen LogP contribution in [0, 0.1) is 0 Å². The smallest absolute Gasteiger partial charge is 0.184 e. The van der Waals surface area contributed by atoms with Gasteiger partial charge in [-0.25, -0.2) is 9.97 Å². The van der Waals surface area contributed by atoms with Gasteiger partial charge in [-0.1, -0.05) is 24.2 Å². The Balaban J connectivity index is 1.34. The second-order valence-corrected chi connectivity index (χ2v) is 8.85. The molecule has 3 heterocycles. The minimum Gasteiger partial charge on any atom is -0.457 e. The summed E-state index contributed by atoms with van der Waals surface area (Å²) < 4.78 is 7.10. The second-order valence-electron chi connectivity index (χ2n) is 7.10. The highest BCUT2D eigenvalue weighted by atomic mass is 32.1. The van der Waals surface area contributed by atoms with E-state index >= 15 is 0 Å². The number of hydrogen-bond donors (Lipinski definition) is 2. The Morgan fingerprint density at radius 1 is 1.03 bits per heavy atom. The van der Waals surface area contributed by atoms with Gasteiger partial charge in [0.05, 0.1) is 39.3 Å². The van der Waals surface area contributed by atoms with Crippen LogP contribution in [-0.4, -0.2) is 32.2 Å². The van der Waals surface area contributed by atoms with Crippen LogP contribution < -0.4 is 10.1 Å². The fraction of sp³-hybridized carbons (Fsp3) is 0.286. The van der Waals surface area contributed by atoms with E-state index in [2.05, 4.69) is 20.3 Å². The average molecular weight is 425 g/mol. The largest absolute Gasteiger partial charge is 0.457 e. The lowest BCUT2D eigenvalue weighted by atomic mass is 9.93. The molecule has 29 heavy (non-hydrogen) atoms. The Bertz CT molecular complexity index is 1110. The van der Waals surface area contributed by atoms with Gasteiger partial charge in [-0.2, -0.15) is 0 Å². The van der Waals surface area contributed by atoms with Crippen molar-refractivity contribution in [1.29, 1.82) is 0 Å². The minimum absolute atomic E-state index is 0.0842. The van der Waals surface area contributed by atoms with Crippen LogP contribution in [0.4, 0.5) is 5.13 Å². The molecule has 6 nitrogen and oxygen atoms in total. The average Bonchev–Trinajstić information content (AvgIpc) is 3.39. The highest BCUT2D eigenvalue weighted by molar-refractivity contribution is 7.22. The normalized spacial score (nSPS) is 19.3. The van der Waals surface area contributed by atoms with E-state index in [4.69, 9.17) is 4.74 Å². The molecule has 3 aromatic heterocycles. The van der Waals surface area contributed by atoms with Gasteiger partial charge >= 0.3 is 0 Å². The van der Waals surface area contributed by atoms with Crippen molar-refractivity contribution in [1.82, 2.24) is 15.0 Å². The summed E-state index contributed by atoms with van der Waals surface area (Å²) in [7, 11) is 0. The predicted molar refractivity (Wildman–Crippen MR) is 117 cm³/mol. The first-order chi connectivity index (χ1) is 14.2. The molecule has 1 saturated carbocycles. The van der Waals surface area contributed by atoms with E-state index in [1.54, 1.807) is 34.4 Å². The van der Waals surface area contributed by atoms with Gasteiger partial charge in [0, 0.05) is 23.7 Å². The zero-order chi connectivity index (χ0) is 19.6. The number of thiazole rings is 2. The van der Waals surface area contributed by atoms with Crippen LogP contribution in [0.5, 0.6) is 11.5 Å². The van der Waals surface area contributed by atoms with Crippen LogP contribution in [0.2, 0.25) is 0 Å². The molecule has 148 valence electrons. The van der Waals surface area contributed by atoms with Crippen LogP contribution in [0.3, 0.4) is 0 Å². The van der Waals surface area contributed by atoms with Gasteiger partial charge in [0.25, 0.3) is 0 Å². The lowest BCUT2D eigenvalue weighted by molar-refractivity contribution is 0.116. The van der Waals surface area contributed by atoms with Gasteiger partial charge in [-0.15, -0.1) is 11.3 Å². The van der Waals surface area contributed by atoms with E-state index in [9.17, 15) is 5.11 Å². The van der Waals surface area contributed by atoms with Crippen molar-refractivity contribution in [2.45, 2.75) is 37.8 Å². The van der Waals surface area contributed by atoms with E-state index < -0.39 is 0 Å². The number of nitrogens with zero attached hydrogens (tertiary/aromatic N) is 3. The number of pyridine rings is 1. The van der Waals surface area contributed by atoms with E-state index in [0.29, 0.717) is 0 Å². The number of hydrogen-bond acceptors (Lipinski definition) is 8. The van der Waals surface area contributed by atoms with Crippen molar-refractivity contribution >= 4 is 38.0 Å². The Labute approximate surface area is 176 Å². The topological polar surface area (TPSA) is 80.2 Å². The lowest BCUT2D eigenvalue weighted by Gasteiger charge is -2.27. The van der Waals surface area contributed by atoms with Gasteiger partial charge in [-0.05, 0) is 31.0 Å². The van der Waals surface area contributed by atoms with E-state index in [0.717, 1.165) is 63.9 Å². The second kappa shape index (κ2) is 8.06. The van der Waals surface area contributed by atoms with Crippen molar-refractivity contribution in [2.24, 2.45) is 0 Å². The summed E-state index contributed by atoms with van der Waals surface area (Å²) >= 11 is 3.13. The van der Waals surface area contributed by atoms with Gasteiger partial charge < -0.3 is 15.2 Å². The maximum atomic E-state index is 10.2. The molecule has 1 fully saturated rings. The highest BCUT2D eigenvalue weighted by Gasteiger charge is 2.23. The third-order valence-corrected chi connectivity index (χ3v) is 6.60. The minimum atomic E-state index is -0.298. The van der Waals surface area contributed by atoms with Crippen molar-refractivity contribution < 1.29 is 9.84 Å². The zero-order valence-corrected chi connectivity index (χ0v) is 17.2. The van der Waals surface area contributed by atoms with Gasteiger partial charge in [0.15, 0.2) is 5.13 Å². The number of aliphatic hydroxyl groups is 1. The van der Waals surface area contributed by atoms with Crippen molar-refractivity contribution in [3.8, 4) is 22.9 Å². The summed E-state index contributed by atoms with van der Waals surface area (Å²) in [6.07, 6.45) is 5.51. The fourth-order valence-electron chi connectivity index (χ4n) is 3.56. The number of aromatic nitrogens is 3. The summed E-state index contributed by atoms with van der Waals surface area (Å²) in [4.78, 5) is 13.3. The van der Waals surface area contributed by atoms with Crippen molar-refractivity contribution in [2.75, 3.05) is 5.32 Å². The molecule has 8 heteroatoms. The highest BCUT2D eigenvalue weighted by Crippen LogP contribution is 2.33. The van der Waals surface area contributed by atoms with Crippen LogP contribution in [0.15, 0.2) is 47.4 Å². The number of anilines is 1. The zero-order valence-electron chi connectivity index (χ0n) is 15.6. The number of nitrogens with one attached hydrogen (secondary N) is 1. The molecule has 0 unspecified atom stereocenters. The molecule has 0 aliphatic heterocycles. The van der Waals surface area contributed by atoms with Crippen LogP contribution in [0.25, 0.3) is 21.6 Å². The molecular weight excluding hydrogens is 404 g/mol.